The van der Waals surface area contributed by atoms with Gasteiger partial charge in [-0.05, 0) is 29.3 Å². The van der Waals surface area contributed by atoms with E-state index in [4.69, 9.17) is 0 Å². The number of carbonyl (C=O) groups excluding carboxylic acids is 2. The fraction of sp³-hybridized carbons (Fsp3) is 0.130. The molecule has 5 nitrogen and oxygen atoms in total. The van der Waals surface area contributed by atoms with Crippen LogP contribution in [0.2, 0.25) is 0 Å². The molecule has 0 spiro atoms. The summed E-state index contributed by atoms with van der Waals surface area (Å²) in [5, 5.41) is 14.1. The average Bonchev–Trinajstić information content (AvgIpc) is 2.74. The van der Waals surface area contributed by atoms with Crippen LogP contribution in [0.5, 0.6) is 0 Å². The highest BCUT2D eigenvalue weighted by Gasteiger charge is 2.37. The van der Waals surface area contributed by atoms with E-state index in [2.05, 4.69) is 5.32 Å². The molecule has 3 aromatic rings. The van der Waals surface area contributed by atoms with Crippen LogP contribution < -0.4 is 5.32 Å². The first kappa shape index (κ1) is 20.2. The zero-order valence-corrected chi connectivity index (χ0v) is 16.1. The number of hydrogen-bond donors (Lipinski definition) is 2. The Morgan fingerprint density at radius 1 is 0.897 bits per heavy atom. The highest BCUT2D eigenvalue weighted by molar-refractivity contribution is 6.05. The summed E-state index contributed by atoms with van der Waals surface area (Å²) in [5.41, 5.74) is -0.844. The molecular formula is C23H21FN2O3. The summed E-state index contributed by atoms with van der Waals surface area (Å²) in [6, 6.07) is 20.3. The quantitative estimate of drug-likeness (QED) is 0.668. The van der Waals surface area contributed by atoms with E-state index < -0.39 is 23.4 Å². The number of aliphatic hydroxyl groups is 1. The second-order valence-corrected chi connectivity index (χ2v) is 6.79. The van der Waals surface area contributed by atoms with Crippen molar-refractivity contribution in [3.05, 3.63) is 107 Å². The minimum absolute atomic E-state index is 0.00296. The lowest BCUT2D eigenvalue weighted by molar-refractivity contribution is 0.0933. The molecule has 29 heavy (non-hydrogen) atoms. The molecule has 3 rings (SSSR count). The minimum Gasteiger partial charge on any atom is -0.376 e. The lowest BCUT2D eigenvalue weighted by Crippen LogP contribution is -2.40. The van der Waals surface area contributed by atoms with Gasteiger partial charge in [0.2, 0.25) is 0 Å². The fourth-order valence-corrected chi connectivity index (χ4v) is 3.13. The van der Waals surface area contributed by atoms with Crippen molar-refractivity contribution in [1.82, 2.24) is 10.2 Å². The highest BCUT2D eigenvalue weighted by Crippen LogP contribution is 2.38. The van der Waals surface area contributed by atoms with E-state index >= 15 is 0 Å². The maximum atomic E-state index is 14.2. The largest absolute Gasteiger partial charge is 0.376 e. The molecule has 0 aliphatic heterocycles. The Kier molecular flexibility index (Phi) is 5.75. The Morgan fingerprint density at radius 3 is 1.90 bits per heavy atom. The van der Waals surface area contributed by atoms with E-state index in [0.717, 1.165) is 12.1 Å². The zero-order chi connectivity index (χ0) is 21.0. The molecule has 0 atom stereocenters. The summed E-state index contributed by atoms with van der Waals surface area (Å²) in [6.07, 6.45) is 0. The van der Waals surface area contributed by atoms with Crippen molar-refractivity contribution < 1.29 is 19.1 Å². The van der Waals surface area contributed by atoms with Gasteiger partial charge in [-0.25, -0.2) is 9.18 Å². The highest BCUT2D eigenvalue weighted by atomic mass is 19.1. The van der Waals surface area contributed by atoms with Crippen LogP contribution in [0, 0.1) is 5.82 Å². The van der Waals surface area contributed by atoms with E-state index in [1.165, 1.54) is 25.1 Å². The van der Waals surface area contributed by atoms with Gasteiger partial charge >= 0.3 is 6.03 Å². The van der Waals surface area contributed by atoms with Crippen molar-refractivity contribution in [3.63, 3.8) is 0 Å². The molecule has 0 saturated carbocycles. The molecule has 0 heterocycles. The number of carbonyl (C=O) groups is 2. The van der Waals surface area contributed by atoms with Crippen LogP contribution in [0.25, 0.3) is 0 Å². The van der Waals surface area contributed by atoms with E-state index in [9.17, 15) is 19.1 Å². The van der Waals surface area contributed by atoms with Gasteiger partial charge in [0, 0.05) is 25.2 Å². The van der Waals surface area contributed by atoms with Crippen LogP contribution in [0.1, 0.15) is 27.0 Å². The van der Waals surface area contributed by atoms with Gasteiger partial charge in [-0.3, -0.25) is 10.1 Å². The van der Waals surface area contributed by atoms with Crippen molar-refractivity contribution in [2.24, 2.45) is 0 Å². The molecule has 0 fully saturated rings. The number of hydrogen-bond acceptors (Lipinski definition) is 3. The Bertz CT molecular complexity index is 981. The van der Waals surface area contributed by atoms with Crippen LogP contribution in [-0.2, 0) is 5.60 Å². The lowest BCUT2D eigenvalue weighted by Gasteiger charge is -2.31. The number of rotatable bonds is 4. The first-order valence-electron chi connectivity index (χ1n) is 9.00. The van der Waals surface area contributed by atoms with Crippen molar-refractivity contribution in [1.29, 1.82) is 0 Å². The van der Waals surface area contributed by atoms with Crippen LogP contribution >= 0.6 is 0 Å². The van der Waals surface area contributed by atoms with Crippen molar-refractivity contribution in [3.8, 4) is 0 Å². The van der Waals surface area contributed by atoms with Crippen LogP contribution in [0.3, 0.4) is 0 Å². The number of amides is 3. The van der Waals surface area contributed by atoms with Gasteiger partial charge in [-0.2, -0.15) is 0 Å². The summed E-state index contributed by atoms with van der Waals surface area (Å²) in [4.78, 5) is 26.0. The summed E-state index contributed by atoms with van der Waals surface area (Å²) in [7, 11) is 3.00. The molecule has 0 aliphatic carbocycles. The third-order valence-electron chi connectivity index (χ3n) is 4.63. The standard InChI is InChI=1S/C23H21FN2O3/c1-26(2)22(28)25-21(27)19-14-13-18(24)15-20(19)23(29,16-9-5-3-6-10-16)17-11-7-4-8-12-17/h3-15,29H,1-2H3,(H,25,27,28). The molecular weight excluding hydrogens is 371 g/mol. The number of nitrogens with zero attached hydrogens (tertiary/aromatic N) is 1. The van der Waals surface area contributed by atoms with E-state index in [1.807, 2.05) is 0 Å². The topological polar surface area (TPSA) is 69.6 Å². The average molecular weight is 392 g/mol. The number of nitrogens with one attached hydrogen (secondary N) is 1. The predicted molar refractivity (Wildman–Crippen MR) is 108 cm³/mol. The van der Waals surface area contributed by atoms with Crippen molar-refractivity contribution in [2.45, 2.75) is 5.60 Å². The lowest BCUT2D eigenvalue weighted by atomic mass is 9.78. The second-order valence-electron chi connectivity index (χ2n) is 6.79. The Labute approximate surface area is 168 Å². The minimum atomic E-state index is -1.81. The van der Waals surface area contributed by atoms with E-state index in [-0.39, 0.29) is 11.1 Å². The van der Waals surface area contributed by atoms with Gasteiger partial charge < -0.3 is 10.0 Å². The van der Waals surface area contributed by atoms with Gasteiger partial charge in [-0.1, -0.05) is 60.7 Å². The van der Waals surface area contributed by atoms with Gasteiger partial charge in [-0.15, -0.1) is 0 Å². The smallest absolute Gasteiger partial charge is 0.323 e. The Balaban J connectivity index is 2.23. The fourth-order valence-electron chi connectivity index (χ4n) is 3.13. The second kappa shape index (κ2) is 8.24. The summed E-state index contributed by atoms with van der Waals surface area (Å²) < 4.78 is 14.2. The van der Waals surface area contributed by atoms with E-state index in [0.29, 0.717) is 11.1 Å². The first-order chi connectivity index (χ1) is 13.8. The Morgan fingerprint density at radius 2 is 1.41 bits per heavy atom. The molecule has 0 aromatic heterocycles. The monoisotopic (exact) mass is 392 g/mol. The number of imide groups is 1. The summed E-state index contributed by atoms with van der Waals surface area (Å²) >= 11 is 0. The molecule has 2 N–H and O–H groups in total. The van der Waals surface area contributed by atoms with Crippen LogP contribution in [-0.4, -0.2) is 36.0 Å². The third-order valence-corrected chi connectivity index (χ3v) is 4.63. The molecule has 6 heteroatoms. The maximum Gasteiger partial charge on any atom is 0.323 e. The molecule has 3 amide bonds. The van der Waals surface area contributed by atoms with Crippen molar-refractivity contribution in [2.75, 3.05) is 14.1 Å². The first-order valence-corrected chi connectivity index (χ1v) is 9.00. The van der Waals surface area contributed by atoms with Crippen LogP contribution in [0.4, 0.5) is 9.18 Å². The van der Waals surface area contributed by atoms with E-state index in [1.54, 1.807) is 60.7 Å². The maximum absolute atomic E-state index is 14.2. The molecule has 0 radical (unpaired) electrons. The van der Waals surface area contributed by atoms with Gasteiger partial charge in [0.1, 0.15) is 11.4 Å². The third kappa shape index (κ3) is 4.02. The molecule has 148 valence electrons. The number of urea groups is 1. The summed E-state index contributed by atoms with van der Waals surface area (Å²) in [5.74, 6) is -1.34. The SMILES string of the molecule is CN(C)C(=O)NC(=O)c1ccc(F)cc1C(O)(c1ccccc1)c1ccccc1. The number of benzene rings is 3. The van der Waals surface area contributed by atoms with Crippen molar-refractivity contribution >= 4 is 11.9 Å². The Hall–Kier alpha value is -3.51. The normalized spacial score (nSPS) is 11.0. The zero-order valence-electron chi connectivity index (χ0n) is 16.1. The predicted octanol–water partition coefficient (Wildman–Crippen LogP) is 3.52. The number of halogens is 1. The molecule has 0 aliphatic rings. The molecule has 0 unspecified atom stereocenters. The van der Waals surface area contributed by atoms with Gasteiger partial charge in [0.05, 0.1) is 0 Å². The van der Waals surface area contributed by atoms with Gasteiger partial charge in [0.15, 0.2) is 0 Å². The molecule has 3 aromatic carbocycles. The molecule has 0 bridgehead atoms. The van der Waals surface area contributed by atoms with Crippen LogP contribution in [0.15, 0.2) is 78.9 Å². The van der Waals surface area contributed by atoms with Gasteiger partial charge in [0.25, 0.3) is 5.91 Å². The molecule has 0 saturated heterocycles. The summed E-state index contributed by atoms with van der Waals surface area (Å²) in [6.45, 7) is 0.